The van der Waals surface area contributed by atoms with Gasteiger partial charge in [-0.2, -0.15) is 0 Å². The fraction of sp³-hybridized carbons (Fsp3) is 0.429. The number of aromatic nitrogens is 1. The number of hydrogen-bond donors (Lipinski definition) is 2. The zero-order chi connectivity index (χ0) is 21.5. The number of rotatable bonds is 7. The molecule has 1 fully saturated rings. The first kappa shape index (κ1) is 22.3. The lowest BCUT2D eigenvalue weighted by atomic mass is 9.88. The molecule has 0 unspecified atom stereocenters. The van der Waals surface area contributed by atoms with Crippen LogP contribution in [0.5, 0.6) is 0 Å². The van der Waals surface area contributed by atoms with E-state index >= 15 is 0 Å². The molecule has 2 amide bonds. The van der Waals surface area contributed by atoms with Crippen LogP contribution in [0.1, 0.15) is 58.5 Å². The standard InChI is InChI=1S/C21H25N3O4S2/c1-28-20(27)15-8-13(11-22-19(26)17-12-30-21(24-17)29-2)9-16(10-15)23-18(25)14-6-4-3-5-7-14/h8-10,12,14H,3-7,11H2,1-2H3,(H,22,26)(H,23,25). The number of amides is 2. The zero-order valence-corrected chi connectivity index (χ0v) is 18.7. The summed E-state index contributed by atoms with van der Waals surface area (Å²) in [6.45, 7) is 0.197. The van der Waals surface area contributed by atoms with Crippen LogP contribution in [-0.2, 0) is 16.1 Å². The maximum atomic E-state index is 12.6. The molecule has 3 rings (SSSR count). The monoisotopic (exact) mass is 447 g/mol. The Hall–Kier alpha value is -2.39. The lowest BCUT2D eigenvalue weighted by molar-refractivity contribution is -0.120. The predicted octanol–water partition coefficient (Wildman–Crippen LogP) is 4.10. The fourth-order valence-corrected chi connectivity index (χ4v) is 4.68. The van der Waals surface area contributed by atoms with Crippen LogP contribution >= 0.6 is 23.1 Å². The van der Waals surface area contributed by atoms with Crippen LogP contribution in [0.15, 0.2) is 27.9 Å². The van der Waals surface area contributed by atoms with Gasteiger partial charge in [-0.1, -0.05) is 31.0 Å². The van der Waals surface area contributed by atoms with Gasteiger partial charge in [0.2, 0.25) is 5.91 Å². The highest BCUT2D eigenvalue weighted by Gasteiger charge is 2.22. The molecule has 1 aromatic heterocycles. The summed E-state index contributed by atoms with van der Waals surface area (Å²) in [7, 11) is 1.31. The number of thioether (sulfide) groups is 1. The van der Waals surface area contributed by atoms with Crippen LogP contribution in [0.2, 0.25) is 0 Å². The van der Waals surface area contributed by atoms with Gasteiger partial charge in [0.25, 0.3) is 5.91 Å². The number of esters is 1. The number of nitrogens with one attached hydrogen (secondary N) is 2. The maximum Gasteiger partial charge on any atom is 0.337 e. The molecule has 0 saturated heterocycles. The van der Waals surface area contributed by atoms with Crippen molar-refractivity contribution in [3.05, 3.63) is 40.4 Å². The second kappa shape index (κ2) is 10.6. The van der Waals surface area contributed by atoms with Gasteiger partial charge in [0.1, 0.15) is 10.0 Å². The van der Waals surface area contributed by atoms with Crippen molar-refractivity contribution >= 4 is 46.6 Å². The van der Waals surface area contributed by atoms with Crippen molar-refractivity contribution in [1.82, 2.24) is 10.3 Å². The Balaban J connectivity index is 1.72. The highest BCUT2D eigenvalue weighted by Crippen LogP contribution is 2.26. The van der Waals surface area contributed by atoms with Gasteiger partial charge in [-0.3, -0.25) is 9.59 Å². The smallest absolute Gasteiger partial charge is 0.337 e. The summed E-state index contributed by atoms with van der Waals surface area (Å²) in [6, 6.07) is 5.02. The van der Waals surface area contributed by atoms with Crippen molar-refractivity contribution in [2.45, 2.75) is 43.0 Å². The first-order valence-corrected chi connectivity index (χ1v) is 11.9. The van der Waals surface area contributed by atoms with Crippen molar-refractivity contribution in [2.24, 2.45) is 5.92 Å². The Bertz CT molecular complexity index is 923. The molecule has 1 aliphatic carbocycles. The minimum atomic E-state index is -0.500. The molecule has 0 aliphatic heterocycles. The molecule has 9 heteroatoms. The third-order valence-corrected chi connectivity index (χ3v) is 6.86. The Morgan fingerprint density at radius 1 is 1.20 bits per heavy atom. The molecule has 0 atom stereocenters. The van der Waals surface area contributed by atoms with E-state index in [0.717, 1.165) is 30.0 Å². The second-order valence-electron chi connectivity index (χ2n) is 7.12. The molecule has 0 spiro atoms. The van der Waals surface area contributed by atoms with E-state index in [0.29, 0.717) is 22.5 Å². The maximum absolute atomic E-state index is 12.6. The molecular formula is C21H25N3O4S2. The van der Waals surface area contributed by atoms with E-state index in [2.05, 4.69) is 15.6 Å². The first-order chi connectivity index (χ1) is 14.5. The number of anilines is 1. The Morgan fingerprint density at radius 2 is 1.97 bits per heavy atom. The summed E-state index contributed by atoms with van der Waals surface area (Å²) < 4.78 is 5.65. The number of carbonyl (C=O) groups is 3. The van der Waals surface area contributed by atoms with E-state index in [-0.39, 0.29) is 24.3 Å². The number of thiazole rings is 1. The van der Waals surface area contributed by atoms with Gasteiger partial charge in [0.05, 0.1) is 12.7 Å². The van der Waals surface area contributed by atoms with E-state index in [1.807, 2.05) is 6.26 Å². The molecule has 0 bridgehead atoms. The Kier molecular flexibility index (Phi) is 7.87. The van der Waals surface area contributed by atoms with Gasteiger partial charge in [-0.15, -0.1) is 11.3 Å². The summed E-state index contributed by atoms with van der Waals surface area (Å²) in [6.07, 6.45) is 6.97. The van der Waals surface area contributed by atoms with Crippen molar-refractivity contribution in [1.29, 1.82) is 0 Å². The molecule has 1 heterocycles. The average Bonchev–Trinajstić information content (AvgIpc) is 3.27. The van der Waals surface area contributed by atoms with Gasteiger partial charge in [0.15, 0.2) is 0 Å². The summed E-state index contributed by atoms with van der Waals surface area (Å²) in [5.41, 5.74) is 1.89. The minimum absolute atomic E-state index is 0.000942. The van der Waals surface area contributed by atoms with Gasteiger partial charge in [-0.05, 0) is 42.9 Å². The number of hydrogen-bond acceptors (Lipinski definition) is 7. The van der Waals surface area contributed by atoms with Crippen molar-refractivity contribution in [2.75, 3.05) is 18.7 Å². The third kappa shape index (κ3) is 5.82. The topological polar surface area (TPSA) is 97.4 Å². The van der Waals surface area contributed by atoms with Gasteiger partial charge >= 0.3 is 5.97 Å². The van der Waals surface area contributed by atoms with E-state index in [1.165, 1.54) is 36.6 Å². The van der Waals surface area contributed by atoms with Crippen LogP contribution < -0.4 is 10.6 Å². The van der Waals surface area contributed by atoms with E-state index in [1.54, 1.807) is 23.6 Å². The highest BCUT2D eigenvalue weighted by molar-refractivity contribution is 8.00. The third-order valence-electron chi connectivity index (χ3n) is 5.00. The summed E-state index contributed by atoms with van der Waals surface area (Å²) in [5.74, 6) is -0.819. The first-order valence-electron chi connectivity index (χ1n) is 9.81. The lowest BCUT2D eigenvalue weighted by Gasteiger charge is -2.21. The largest absolute Gasteiger partial charge is 0.465 e. The predicted molar refractivity (Wildman–Crippen MR) is 118 cm³/mol. The summed E-state index contributed by atoms with van der Waals surface area (Å²) in [5, 5.41) is 7.45. The van der Waals surface area contributed by atoms with Gasteiger partial charge < -0.3 is 15.4 Å². The summed E-state index contributed by atoms with van der Waals surface area (Å²) >= 11 is 2.90. The van der Waals surface area contributed by atoms with Gasteiger partial charge in [0, 0.05) is 23.5 Å². The molecule has 2 N–H and O–H groups in total. The van der Waals surface area contributed by atoms with Crippen LogP contribution in [0.4, 0.5) is 5.69 Å². The lowest BCUT2D eigenvalue weighted by Crippen LogP contribution is -2.25. The normalized spacial score (nSPS) is 14.2. The van der Waals surface area contributed by atoms with Crippen LogP contribution in [-0.4, -0.2) is 36.1 Å². The fourth-order valence-electron chi connectivity index (χ4n) is 3.44. The second-order valence-corrected chi connectivity index (χ2v) is 9.03. The zero-order valence-electron chi connectivity index (χ0n) is 17.0. The van der Waals surface area contributed by atoms with Crippen molar-refractivity contribution in [3.63, 3.8) is 0 Å². The van der Waals surface area contributed by atoms with Crippen LogP contribution in [0, 0.1) is 5.92 Å². The average molecular weight is 448 g/mol. The molecule has 1 saturated carbocycles. The molecule has 7 nitrogen and oxygen atoms in total. The molecule has 0 radical (unpaired) electrons. The number of ether oxygens (including phenoxy) is 1. The number of carbonyl (C=O) groups excluding carboxylic acids is 3. The minimum Gasteiger partial charge on any atom is -0.465 e. The number of nitrogens with zero attached hydrogens (tertiary/aromatic N) is 1. The van der Waals surface area contributed by atoms with Crippen molar-refractivity contribution in [3.8, 4) is 0 Å². The highest BCUT2D eigenvalue weighted by atomic mass is 32.2. The van der Waals surface area contributed by atoms with Crippen molar-refractivity contribution < 1.29 is 19.1 Å². The van der Waals surface area contributed by atoms with E-state index in [9.17, 15) is 14.4 Å². The number of methoxy groups -OCH3 is 1. The molecule has 30 heavy (non-hydrogen) atoms. The Labute approximate surface area is 184 Å². The molecule has 160 valence electrons. The summed E-state index contributed by atoms with van der Waals surface area (Å²) in [4.78, 5) is 41.3. The molecule has 2 aromatic rings. The van der Waals surface area contributed by atoms with Crippen LogP contribution in [0.3, 0.4) is 0 Å². The van der Waals surface area contributed by atoms with Crippen LogP contribution in [0.25, 0.3) is 0 Å². The van der Waals surface area contributed by atoms with E-state index in [4.69, 9.17) is 4.74 Å². The molecular weight excluding hydrogens is 422 g/mol. The quantitative estimate of drug-likeness (QED) is 0.490. The Morgan fingerprint density at radius 3 is 2.63 bits per heavy atom. The SMILES string of the molecule is COC(=O)c1cc(CNC(=O)c2csc(SC)n2)cc(NC(=O)C2CCCCC2)c1. The number of benzene rings is 1. The van der Waals surface area contributed by atoms with E-state index < -0.39 is 5.97 Å². The molecule has 1 aromatic carbocycles. The molecule has 1 aliphatic rings. The van der Waals surface area contributed by atoms with Gasteiger partial charge in [-0.25, -0.2) is 9.78 Å².